The van der Waals surface area contributed by atoms with E-state index in [4.69, 9.17) is 14.6 Å². The van der Waals surface area contributed by atoms with Crippen molar-refractivity contribution in [1.82, 2.24) is 14.8 Å². The number of primary sulfonamides is 1. The number of esters is 1. The van der Waals surface area contributed by atoms with Crippen molar-refractivity contribution in [1.29, 1.82) is 0 Å². The van der Waals surface area contributed by atoms with Gasteiger partial charge < -0.3 is 14.6 Å². The van der Waals surface area contributed by atoms with Gasteiger partial charge in [0.15, 0.2) is 0 Å². The van der Waals surface area contributed by atoms with E-state index in [0.29, 0.717) is 23.7 Å². The molecule has 0 saturated carbocycles. The number of aromatic hydroxyl groups is 1. The summed E-state index contributed by atoms with van der Waals surface area (Å²) in [5.41, 5.74) is 1.78. The number of rotatable bonds is 9. The van der Waals surface area contributed by atoms with Gasteiger partial charge in [-0.25, -0.2) is 23.2 Å². The van der Waals surface area contributed by atoms with Gasteiger partial charge in [0.25, 0.3) is 0 Å². The first-order valence-electron chi connectivity index (χ1n) is 9.78. The maximum Gasteiger partial charge on any atom is 0.306 e. The Morgan fingerprint density at radius 3 is 2.50 bits per heavy atom. The van der Waals surface area contributed by atoms with Gasteiger partial charge in [-0.2, -0.15) is 5.10 Å². The van der Waals surface area contributed by atoms with E-state index >= 15 is 0 Å². The van der Waals surface area contributed by atoms with Crippen LogP contribution in [0.4, 0.5) is 0 Å². The number of nitrogens with two attached hydrogens (primary N) is 1. The van der Waals surface area contributed by atoms with Crippen LogP contribution >= 0.6 is 0 Å². The van der Waals surface area contributed by atoms with E-state index in [1.54, 1.807) is 19.2 Å². The molecule has 0 fully saturated rings. The summed E-state index contributed by atoms with van der Waals surface area (Å²) in [5.74, 6) is -0.324. The molecule has 10 nitrogen and oxygen atoms in total. The van der Waals surface area contributed by atoms with Crippen molar-refractivity contribution in [3.8, 4) is 17.4 Å². The maximum absolute atomic E-state index is 12.1. The number of hydrogen-bond acceptors (Lipinski definition) is 8. The zero-order valence-corrected chi connectivity index (χ0v) is 18.4. The Hall–Kier alpha value is -3.44. The lowest BCUT2D eigenvalue weighted by Gasteiger charge is -2.15. The van der Waals surface area contributed by atoms with Gasteiger partial charge in [0.05, 0.1) is 36.4 Å². The van der Waals surface area contributed by atoms with Crippen LogP contribution in [0.1, 0.15) is 30.5 Å². The molecule has 2 aromatic heterocycles. The van der Waals surface area contributed by atoms with E-state index in [1.165, 1.54) is 42.1 Å². The highest BCUT2D eigenvalue weighted by Crippen LogP contribution is 2.28. The second kappa shape index (κ2) is 9.79. The van der Waals surface area contributed by atoms with E-state index in [0.717, 1.165) is 5.56 Å². The summed E-state index contributed by atoms with van der Waals surface area (Å²) in [4.78, 5) is 16.3. The van der Waals surface area contributed by atoms with Crippen LogP contribution in [0.5, 0.6) is 11.8 Å². The number of hydrogen-bond donors (Lipinski definition) is 2. The summed E-state index contributed by atoms with van der Waals surface area (Å²) in [5, 5.41) is 19.9. The molecule has 0 spiro atoms. The number of nitrogens with zero attached hydrogens (tertiary/aromatic N) is 3. The average Bonchev–Trinajstić information content (AvgIpc) is 3.13. The molecule has 0 aliphatic carbocycles. The van der Waals surface area contributed by atoms with Crippen molar-refractivity contribution >= 4 is 16.0 Å². The van der Waals surface area contributed by atoms with Gasteiger partial charge in [0, 0.05) is 24.2 Å². The number of ether oxygens (including phenoxy) is 2. The molecule has 1 atom stereocenters. The van der Waals surface area contributed by atoms with E-state index < -0.39 is 10.0 Å². The van der Waals surface area contributed by atoms with Gasteiger partial charge in [0.2, 0.25) is 21.8 Å². The third-order valence-corrected chi connectivity index (χ3v) is 5.69. The minimum Gasteiger partial charge on any atom is -0.493 e. The number of aromatic nitrogens is 3. The largest absolute Gasteiger partial charge is 0.493 e. The van der Waals surface area contributed by atoms with Crippen molar-refractivity contribution in [2.45, 2.75) is 30.6 Å². The average molecular weight is 461 g/mol. The molecule has 2 heterocycles. The molecular weight excluding hydrogens is 436 g/mol. The van der Waals surface area contributed by atoms with E-state index in [1.807, 2.05) is 6.07 Å². The van der Waals surface area contributed by atoms with E-state index in [-0.39, 0.29) is 35.7 Å². The number of carbonyl (C=O) groups excluding carboxylic acids is 1. The van der Waals surface area contributed by atoms with Crippen LogP contribution in [-0.4, -0.2) is 48.0 Å². The summed E-state index contributed by atoms with van der Waals surface area (Å²) in [6, 6.07) is 10.6. The van der Waals surface area contributed by atoms with Crippen molar-refractivity contribution < 1.29 is 27.8 Å². The van der Waals surface area contributed by atoms with Crippen LogP contribution in [0, 0.1) is 0 Å². The van der Waals surface area contributed by atoms with Gasteiger partial charge >= 0.3 is 5.97 Å². The molecule has 1 unspecified atom stereocenters. The van der Waals surface area contributed by atoms with Gasteiger partial charge in [0.1, 0.15) is 0 Å². The Morgan fingerprint density at radius 1 is 1.22 bits per heavy atom. The summed E-state index contributed by atoms with van der Waals surface area (Å²) in [7, 11) is -2.31. The standard InChI is InChI=1S/C21H24N4O6S/c1-3-31-21(27)11-15(14-4-9-19(30-2)23-13-14)10-16-12-20(26)25(24-16)17-5-7-18(8-6-17)32(22,28)29/h4-9,12-13,15,26H,3,10-11H2,1-2H3,(H2,22,28,29). The van der Waals surface area contributed by atoms with E-state index in [2.05, 4.69) is 10.1 Å². The van der Waals surface area contributed by atoms with Gasteiger partial charge in [-0.3, -0.25) is 4.79 Å². The fraction of sp³-hybridized carbons (Fsp3) is 0.286. The second-order valence-electron chi connectivity index (χ2n) is 6.99. The summed E-state index contributed by atoms with van der Waals surface area (Å²) in [6.07, 6.45) is 2.08. The highest BCUT2D eigenvalue weighted by atomic mass is 32.2. The molecule has 0 saturated heterocycles. The number of carbonyl (C=O) groups is 1. The normalized spacial score (nSPS) is 12.3. The predicted octanol–water partition coefficient (Wildman–Crippen LogP) is 1.91. The van der Waals surface area contributed by atoms with Crippen LogP contribution in [0.3, 0.4) is 0 Å². The van der Waals surface area contributed by atoms with Crippen LogP contribution < -0.4 is 9.88 Å². The van der Waals surface area contributed by atoms with Crippen molar-refractivity contribution in [2.75, 3.05) is 13.7 Å². The SMILES string of the molecule is CCOC(=O)CC(Cc1cc(O)n(-c2ccc(S(N)(=O)=O)cc2)n1)c1ccc(OC)nc1. The Kier molecular flexibility index (Phi) is 7.11. The topological polar surface area (TPSA) is 147 Å². The van der Waals surface area contributed by atoms with Crippen LogP contribution in [-0.2, 0) is 26.0 Å². The Morgan fingerprint density at radius 2 is 1.94 bits per heavy atom. The lowest BCUT2D eigenvalue weighted by molar-refractivity contribution is -0.143. The smallest absolute Gasteiger partial charge is 0.306 e. The number of sulfonamides is 1. The molecule has 0 amide bonds. The molecule has 3 rings (SSSR count). The van der Waals surface area contributed by atoms with Crippen molar-refractivity contribution in [3.63, 3.8) is 0 Å². The highest BCUT2D eigenvalue weighted by Gasteiger charge is 2.21. The first kappa shape index (κ1) is 23.2. The molecular formula is C21H24N4O6S. The molecule has 3 N–H and O–H groups in total. The van der Waals surface area contributed by atoms with E-state index in [9.17, 15) is 18.3 Å². The molecule has 32 heavy (non-hydrogen) atoms. The first-order valence-corrected chi connectivity index (χ1v) is 11.3. The van der Waals surface area contributed by atoms with Crippen molar-refractivity contribution in [3.05, 3.63) is 59.9 Å². The zero-order chi connectivity index (χ0) is 23.3. The molecule has 0 bridgehead atoms. The third-order valence-electron chi connectivity index (χ3n) is 4.76. The predicted molar refractivity (Wildman–Crippen MR) is 115 cm³/mol. The fourth-order valence-corrected chi connectivity index (χ4v) is 3.74. The molecule has 11 heteroatoms. The van der Waals surface area contributed by atoms with Crippen LogP contribution in [0.15, 0.2) is 53.6 Å². The monoisotopic (exact) mass is 460 g/mol. The minimum atomic E-state index is -3.83. The molecule has 170 valence electrons. The van der Waals surface area contributed by atoms with Gasteiger partial charge in [-0.15, -0.1) is 0 Å². The Bertz CT molecular complexity index is 1170. The second-order valence-corrected chi connectivity index (χ2v) is 8.55. The summed E-state index contributed by atoms with van der Waals surface area (Å²) >= 11 is 0. The van der Waals surface area contributed by atoms with Crippen LogP contribution in [0.25, 0.3) is 5.69 Å². The lowest BCUT2D eigenvalue weighted by atomic mass is 9.92. The fourth-order valence-electron chi connectivity index (χ4n) is 3.22. The molecule has 0 radical (unpaired) electrons. The van der Waals surface area contributed by atoms with Crippen molar-refractivity contribution in [2.24, 2.45) is 5.14 Å². The number of methoxy groups -OCH3 is 1. The maximum atomic E-state index is 12.1. The molecule has 0 aliphatic heterocycles. The highest BCUT2D eigenvalue weighted by molar-refractivity contribution is 7.89. The first-order chi connectivity index (χ1) is 15.2. The molecule has 3 aromatic rings. The Labute approximate surface area is 185 Å². The van der Waals surface area contributed by atoms with Crippen LogP contribution in [0.2, 0.25) is 0 Å². The lowest BCUT2D eigenvalue weighted by Crippen LogP contribution is -2.13. The Balaban J connectivity index is 1.87. The summed E-state index contributed by atoms with van der Waals surface area (Å²) in [6.45, 7) is 2.01. The third kappa shape index (κ3) is 5.62. The molecule has 0 aliphatic rings. The minimum absolute atomic E-state index is 0.0466. The number of pyridine rings is 1. The zero-order valence-electron chi connectivity index (χ0n) is 17.6. The number of benzene rings is 1. The summed E-state index contributed by atoms with van der Waals surface area (Å²) < 4.78 is 34.3. The van der Waals surface area contributed by atoms with Gasteiger partial charge in [-0.1, -0.05) is 6.07 Å². The molecule has 1 aromatic carbocycles. The quantitative estimate of drug-likeness (QED) is 0.460. The van der Waals surface area contributed by atoms with Gasteiger partial charge in [-0.05, 0) is 43.2 Å².